The minimum Gasteiger partial charge on any atom is -0.325 e. The number of nitriles is 1. The number of alkyl halides is 2. The van der Waals surface area contributed by atoms with E-state index in [4.69, 9.17) is 5.26 Å². The van der Waals surface area contributed by atoms with Gasteiger partial charge in [0.05, 0.1) is 6.07 Å². The van der Waals surface area contributed by atoms with E-state index < -0.39 is 17.6 Å². The third kappa shape index (κ3) is 4.41. The summed E-state index contributed by atoms with van der Waals surface area (Å²) >= 11 is 0.438. The van der Waals surface area contributed by atoms with Crippen molar-refractivity contribution in [2.24, 2.45) is 5.92 Å². The zero-order chi connectivity index (χ0) is 12.8. The molecule has 17 heavy (non-hydrogen) atoms. The lowest BCUT2D eigenvalue weighted by Gasteiger charge is -2.07. The minimum absolute atomic E-state index is 0.415. The molecule has 0 aliphatic heterocycles. The highest BCUT2D eigenvalue weighted by molar-refractivity contribution is 7.99. The summed E-state index contributed by atoms with van der Waals surface area (Å²) < 4.78 is 24.1. The Labute approximate surface area is 102 Å². The molecular formula is C11H10F2N2OS. The van der Waals surface area contributed by atoms with Crippen molar-refractivity contribution >= 4 is 23.4 Å². The number of benzene rings is 1. The standard InChI is InChI=1S/C11H10F2N2OS/c1-7(6-14)10(16)15-8-2-4-9(5-3-8)17-11(12)13/h2-5,7,11H,1H3,(H,15,16). The van der Waals surface area contributed by atoms with Gasteiger partial charge in [0.2, 0.25) is 5.91 Å². The maximum Gasteiger partial charge on any atom is 0.288 e. The number of hydrogen-bond donors (Lipinski definition) is 1. The molecule has 0 aliphatic carbocycles. The second-order valence-corrected chi connectivity index (χ2v) is 4.31. The molecule has 3 nitrogen and oxygen atoms in total. The molecule has 1 N–H and O–H groups in total. The molecule has 0 spiro atoms. The van der Waals surface area contributed by atoms with Crippen LogP contribution in [0.25, 0.3) is 0 Å². The van der Waals surface area contributed by atoms with Crippen LogP contribution >= 0.6 is 11.8 Å². The number of nitrogens with zero attached hydrogens (tertiary/aromatic N) is 1. The number of hydrogen-bond acceptors (Lipinski definition) is 3. The number of carbonyl (C=O) groups is 1. The fourth-order valence-electron chi connectivity index (χ4n) is 1.03. The number of nitrogens with one attached hydrogen (secondary N) is 1. The molecule has 1 rings (SSSR count). The first kappa shape index (κ1) is 13.5. The highest BCUT2D eigenvalue weighted by atomic mass is 32.2. The highest BCUT2D eigenvalue weighted by Gasteiger charge is 2.11. The summed E-state index contributed by atoms with van der Waals surface area (Å²) in [6.07, 6.45) is 0. The van der Waals surface area contributed by atoms with Crippen LogP contribution in [0.2, 0.25) is 0 Å². The molecule has 0 saturated carbocycles. The van der Waals surface area contributed by atoms with E-state index in [2.05, 4.69) is 5.32 Å². The Morgan fingerprint density at radius 1 is 1.41 bits per heavy atom. The smallest absolute Gasteiger partial charge is 0.288 e. The maximum atomic E-state index is 12.0. The molecule has 0 aromatic heterocycles. The SMILES string of the molecule is CC(C#N)C(=O)Nc1ccc(SC(F)F)cc1. The van der Waals surface area contributed by atoms with Crippen LogP contribution in [-0.4, -0.2) is 11.7 Å². The molecule has 1 amide bonds. The molecule has 1 atom stereocenters. The zero-order valence-corrected chi connectivity index (χ0v) is 9.80. The minimum atomic E-state index is -2.46. The largest absolute Gasteiger partial charge is 0.325 e. The molecule has 6 heteroatoms. The fraction of sp³-hybridized carbons (Fsp3) is 0.273. The lowest BCUT2D eigenvalue weighted by molar-refractivity contribution is -0.117. The Hall–Kier alpha value is -1.61. The molecule has 1 aromatic rings. The van der Waals surface area contributed by atoms with E-state index in [1.165, 1.54) is 31.2 Å². The second-order valence-electron chi connectivity index (χ2n) is 3.24. The van der Waals surface area contributed by atoms with E-state index in [0.717, 1.165) is 0 Å². The normalized spacial score (nSPS) is 11.9. The number of anilines is 1. The molecule has 0 bridgehead atoms. The molecule has 0 heterocycles. The number of amides is 1. The molecule has 0 saturated heterocycles. The van der Waals surface area contributed by atoms with Crippen LogP contribution in [0.4, 0.5) is 14.5 Å². The van der Waals surface area contributed by atoms with Crippen LogP contribution in [0.15, 0.2) is 29.2 Å². The summed E-state index contributed by atoms with van der Waals surface area (Å²) in [7, 11) is 0. The van der Waals surface area contributed by atoms with Crippen molar-refractivity contribution in [1.82, 2.24) is 0 Å². The van der Waals surface area contributed by atoms with Crippen molar-refractivity contribution in [3.05, 3.63) is 24.3 Å². The van der Waals surface area contributed by atoms with Gasteiger partial charge in [0, 0.05) is 10.6 Å². The van der Waals surface area contributed by atoms with Gasteiger partial charge in [-0.3, -0.25) is 4.79 Å². The van der Waals surface area contributed by atoms with Crippen LogP contribution in [0.3, 0.4) is 0 Å². The maximum absolute atomic E-state index is 12.0. The van der Waals surface area contributed by atoms with Crippen molar-refractivity contribution in [2.75, 3.05) is 5.32 Å². The average molecular weight is 256 g/mol. The van der Waals surface area contributed by atoms with Gasteiger partial charge in [-0.2, -0.15) is 14.0 Å². The summed E-state index contributed by atoms with van der Waals surface area (Å²) in [5, 5.41) is 11.0. The van der Waals surface area contributed by atoms with Crippen LogP contribution < -0.4 is 5.32 Å². The second kappa shape index (κ2) is 6.21. The van der Waals surface area contributed by atoms with Crippen LogP contribution in [0.1, 0.15) is 6.92 Å². The first-order valence-electron chi connectivity index (χ1n) is 4.78. The fourth-order valence-corrected chi connectivity index (χ4v) is 1.53. The van der Waals surface area contributed by atoms with Gasteiger partial charge in [0.25, 0.3) is 5.76 Å². The first-order valence-corrected chi connectivity index (χ1v) is 5.66. The monoisotopic (exact) mass is 256 g/mol. The summed E-state index contributed by atoms with van der Waals surface area (Å²) in [6, 6.07) is 7.83. The Morgan fingerprint density at radius 2 is 2.00 bits per heavy atom. The van der Waals surface area contributed by atoms with E-state index in [1.807, 2.05) is 6.07 Å². The number of carbonyl (C=O) groups excluding carboxylic acids is 1. The Kier molecular flexibility index (Phi) is 4.91. The van der Waals surface area contributed by atoms with Crippen molar-refractivity contribution < 1.29 is 13.6 Å². The summed E-state index contributed by atoms with van der Waals surface area (Å²) in [6.45, 7) is 1.48. The lowest BCUT2D eigenvalue weighted by atomic mass is 10.2. The first-order chi connectivity index (χ1) is 8.02. The third-order valence-corrected chi connectivity index (χ3v) is 2.66. The summed E-state index contributed by atoms with van der Waals surface area (Å²) in [5.74, 6) is -3.62. The van der Waals surface area contributed by atoms with E-state index >= 15 is 0 Å². The topological polar surface area (TPSA) is 52.9 Å². The predicted octanol–water partition coefficient (Wildman–Crippen LogP) is 3.10. The van der Waals surface area contributed by atoms with Gasteiger partial charge in [-0.15, -0.1) is 0 Å². The molecule has 1 unspecified atom stereocenters. The van der Waals surface area contributed by atoms with E-state index in [9.17, 15) is 13.6 Å². The van der Waals surface area contributed by atoms with Gasteiger partial charge in [-0.25, -0.2) is 0 Å². The molecule has 0 aliphatic rings. The van der Waals surface area contributed by atoms with Crippen LogP contribution in [0, 0.1) is 17.2 Å². The number of halogens is 2. The van der Waals surface area contributed by atoms with Crippen molar-refractivity contribution in [1.29, 1.82) is 5.26 Å². The highest BCUT2D eigenvalue weighted by Crippen LogP contribution is 2.26. The Bertz CT molecular complexity index is 428. The van der Waals surface area contributed by atoms with Crippen LogP contribution in [-0.2, 0) is 4.79 Å². The van der Waals surface area contributed by atoms with E-state index in [1.54, 1.807) is 0 Å². The van der Waals surface area contributed by atoms with Gasteiger partial charge in [0.1, 0.15) is 5.92 Å². The van der Waals surface area contributed by atoms with Gasteiger partial charge in [-0.05, 0) is 31.2 Å². The quantitative estimate of drug-likeness (QED) is 0.842. The zero-order valence-electron chi connectivity index (χ0n) is 8.98. The van der Waals surface area contributed by atoms with Crippen molar-refractivity contribution in [3.8, 4) is 6.07 Å². The van der Waals surface area contributed by atoms with Crippen molar-refractivity contribution in [3.63, 3.8) is 0 Å². The van der Waals surface area contributed by atoms with E-state index in [0.29, 0.717) is 22.3 Å². The van der Waals surface area contributed by atoms with Gasteiger partial charge in [-0.1, -0.05) is 11.8 Å². The summed E-state index contributed by atoms with van der Waals surface area (Å²) in [5.41, 5.74) is 0.482. The molecule has 0 radical (unpaired) electrons. The predicted molar refractivity (Wildman–Crippen MR) is 61.7 cm³/mol. The van der Waals surface area contributed by atoms with Gasteiger partial charge in [0.15, 0.2) is 0 Å². The molecule has 1 aromatic carbocycles. The number of thioether (sulfide) groups is 1. The molecular weight excluding hydrogens is 246 g/mol. The number of rotatable bonds is 4. The Morgan fingerprint density at radius 3 is 2.47 bits per heavy atom. The molecule has 90 valence electrons. The van der Waals surface area contributed by atoms with Crippen molar-refractivity contribution in [2.45, 2.75) is 17.6 Å². The molecule has 0 fully saturated rings. The lowest BCUT2D eigenvalue weighted by Crippen LogP contribution is -2.18. The van der Waals surface area contributed by atoms with Gasteiger partial charge >= 0.3 is 0 Å². The van der Waals surface area contributed by atoms with E-state index in [-0.39, 0.29) is 0 Å². The average Bonchev–Trinajstić information content (AvgIpc) is 2.30. The van der Waals surface area contributed by atoms with Gasteiger partial charge < -0.3 is 5.32 Å². The Balaban J connectivity index is 2.63. The summed E-state index contributed by atoms with van der Waals surface area (Å²) in [4.78, 5) is 11.8. The third-order valence-electron chi connectivity index (χ3n) is 1.93. The van der Waals surface area contributed by atoms with Crippen LogP contribution in [0.5, 0.6) is 0 Å².